The summed E-state index contributed by atoms with van der Waals surface area (Å²) in [7, 11) is 0. The van der Waals surface area contributed by atoms with E-state index in [0.717, 1.165) is 20.2 Å². The average molecular weight is 320 g/mol. The molecule has 0 saturated heterocycles. The fourth-order valence-corrected chi connectivity index (χ4v) is 4.76. The third-order valence-corrected chi connectivity index (χ3v) is 5.70. The van der Waals surface area contributed by atoms with E-state index in [1.807, 2.05) is 6.07 Å². The fraction of sp³-hybridized carbons (Fsp3) is 0.733. The van der Waals surface area contributed by atoms with Crippen molar-refractivity contribution in [1.29, 1.82) is 0 Å². The van der Waals surface area contributed by atoms with Crippen LogP contribution in [-0.4, -0.2) is 6.04 Å². The van der Waals surface area contributed by atoms with Crippen LogP contribution in [0.3, 0.4) is 0 Å². The maximum absolute atomic E-state index is 6.22. The fourth-order valence-electron chi connectivity index (χ4n) is 3.12. The molecule has 0 spiro atoms. The van der Waals surface area contributed by atoms with Gasteiger partial charge in [0.2, 0.25) is 0 Å². The predicted molar refractivity (Wildman–Crippen MR) is 86.5 cm³/mol. The molecule has 0 bridgehead atoms. The van der Waals surface area contributed by atoms with Crippen LogP contribution in [0.25, 0.3) is 0 Å². The molecule has 19 heavy (non-hydrogen) atoms. The van der Waals surface area contributed by atoms with Crippen molar-refractivity contribution in [3.05, 3.63) is 20.3 Å². The van der Waals surface area contributed by atoms with E-state index in [1.54, 1.807) is 0 Å². The van der Waals surface area contributed by atoms with E-state index in [4.69, 9.17) is 23.2 Å². The van der Waals surface area contributed by atoms with Crippen molar-refractivity contribution in [3.8, 4) is 0 Å². The van der Waals surface area contributed by atoms with Gasteiger partial charge in [-0.25, -0.2) is 0 Å². The summed E-state index contributed by atoms with van der Waals surface area (Å²) in [5.74, 6) is 0.956. The van der Waals surface area contributed by atoms with E-state index < -0.39 is 0 Å². The molecular formula is C15H23Cl2NS. The molecule has 0 amide bonds. The minimum atomic E-state index is 0.295. The lowest BCUT2D eigenvalue weighted by Gasteiger charge is -2.31. The van der Waals surface area contributed by atoms with Crippen LogP contribution in [-0.2, 0) is 0 Å². The molecule has 108 valence electrons. The Morgan fingerprint density at radius 3 is 2.53 bits per heavy atom. The number of nitrogens with one attached hydrogen (secondary N) is 1. The Bertz CT molecular complexity index is 397. The van der Waals surface area contributed by atoms with Gasteiger partial charge in [0.1, 0.15) is 0 Å². The normalized spacial score (nSPS) is 25.5. The first-order valence-electron chi connectivity index (χ1n) is 7.31. The van der Waals surface area contributed by atoms with Crippen molar-refractivity contribution in [2.45, 2.75) is 64.5 Å². The van der Waals surface area contributed by atoms with Crippen LogP contribution in [0.5, 0.6) is 0 Å². The highest BCUT2D eigenvalue weighted by molar-refractivity contribution is 7.20. The van der Waals surface area contributed by atoms with Gasteiger partial charge in [0, 0.05) is 12.1 Å². The Kier molecular flexibility index (Phi) is 6.01. The Morgan fingerprint density at radius 2 is 2.00 bits per heavy atom. The topological polar surface area (TPSA) is 12.0 Å². The molecule has 1 heterocycles. The van der Waals surface area contributed by atoms with Gasteiger partial charge in [-0.3, -0.25) is 0 Å². The summed E-state index contributed by atoms with van der Waals surface area (Å²) < 4.78 is 1.60. The molecule has 0 aromatic carbocycles. The lowest BCUT2D eigenvalue weighted by atomic mass is 9.83. The van der Waals surface area contributed by atoms with Crippen molar-refractivity contribution in [2.75, 3.05) is 0 Å². The van der Waals surface area contributed by atoms with Gasteiger partial charge >= 0.3 is 0 Å². The molecule has 1 aromatic rings. The Labute approximate surface area is 130 Å². The summed E-state index contributed by atoms with van der Waals surface area (Å²) in [4.78, 5) is 0. The largest absolute Gasteiger partial charge is 0.307 e. The zero-order valence-electron chi connectivity index (χ0n) is 11.7. The van der Waals surface area contributed by atoms with Gasteiger partial charge in [-0.15, -0.1) is 11.3 Å². The smallest absolute Gasteiger partial charge is 0.0991 e. The molecule has 1 aromatic heterocycles. The molecule has 1 atom stereocenters. The molecule has 0 aliphatic heterocycles. The number of halogens is 2. The van der Waals surface area contributed by atoms with Crippen LogP contribution >= 0.6 is 34.5 Å². The molecule has 1 N–H and O–H groups in total. The number of hydrogen-bond acceptors (Lipinski definition) is 2. The number of thiophene rings is 1. The van der Waals surface area contributed by atoms with Gasteiger partial charge < -0.3 is 5.32 Å². The van der Waals surface area contributed by atoms with Crippen molar-refractivity contribution in [3.63, 3.8) is 0 Å². The minimum Gasteiger partial charge on any atom is -0.307 e. The van der Waals surface area contributed by atoms with Gasteiger partial charge in [-0.05, 0) is 50.2 Å². The first kappa shape index (κ1) is 15.6. The summed E-state index contributed by atoms with van der Waals surface area (Å²) in [6.45, 7) is 4.47. The molecule has 1 aliphatic rings. The second kappa shape index (κ2) is 7.31. The standard InChI is InChI=1S/C15H23Cl2NS/c1-3-4-11-5-7-12(8-6-11)18-10(2)13-9-14(16)19-15(13)17/h9-12,18H,3-8H2,1-2H3. The summed E-state index contributed by atoms with van der Waals surface area (Å²) in [5.41, 5.74) is 1.15. The molecule has 1 nitrogen and oxygen atoms in total. The van der Waals surface area contributed by atoms with Crippen LogP contribution in [0.15, 0.2) is 6.07 Å². The quantitative estimate of drug-likeness (QED) is 0.695. The van der Waals surface area contributed by atoms with E-state index in [0.29, 0.717) is 12.1 Å². The van der Waals surface area contributed by atoms with Crippen molar-refractivity contribution < 1.29 is 0 Å². The Balaban J connectivity index is 1.84. The maximum atomic E-state index is 6.22. The lowest BCUT2D eigenvalue weighted by molar-refractivity contribution is 0.266. The molecule has 1 aliphatic carbocycles. The van der Waals surface area contributed by atoms with Crippen molar-refractivity contribution >= 4 is 34.5 Å². The van der Waals surface area contributed by atoms with E-state index in [-0.39, 0.29) is 0 Å². The number of rotatable bonds is 5. The van der Waals surface area contributed by atoms with Crippen molar-refractivity contribution in [2.24, 2.45) is 5.92 Å². The molecule has 1 unspecified atom stereocenters. The first-order valence-corrected chi connectivity index (χ1v) is 8.88. The summed E-state index contributed by atoms with van der Waals surface area (Å²) in [6, 6.07) is 2.93. The third kappa shape index (κ3) is 4.35. The zero-order chi connectivity index (χ0) is 13.8. The van der Waals surface area contributed by atoms with E-state index in [1.165, 1.54) is 49.9 Å². The summed E-state index contributed by atoms with van der Waals surface area (Å²) in [5, 5.41) is 3.72. The predicted octanol–water partition coefficient (Wildman–Crippen LogP) is 6.06. The summed E-state index contributed by atoms with van der Waals surface area (Å²) in [6.07, 6.45) is 8.05. The van der Waals surface area contributed by atoms with E-state index >= 15 is 0 Å². The van der Waals surface area contributed by atoms with Gasteiger partial charge in [0.05, 0.1) is 8.67 Å². The zero-order valence-corrected chi connectivity index (χ0v) is 14.0. The van der Waals surface area contributed by atoms with Gasteiger partial charge in [0.15, 0.2) is 0 Å². The minimum absolute atomic E-state index is 0.295. The Hall–Kier alpha value is 0.240. The molecule has 1 fully saturated rings. The van der Waals surface area contributed by atoms with Crippen molar-refractivity contribution in [1.82, 2.24) is 5.32 Å². The lowest BCUT2D eigenvalue weighted by Crippen LogP contribution is -2.34. The first-order chi connectivity index (χ1) is 9.10. The van der Waals surface area contributed by atoms with Crippen LogP contribution in [0, 0.1) is 5.92 Å². The highest BCUT2D eigenvalue weighted by Crippen LogP contribution is 2.36. The molecule has 0 radical (unpaired) electrons. The molecule has 1 saturated carbocycles. The van der Waals surface area contributed by atoms with Crippen LogP contribution in [0.2, 0.25) is 8.67 Å². The highest BCUT2D eigenvalue weighted by atomic mass is 35.5. The second-order valence-corrected chi connectivity index (χ2v) is 7.96. The average Bonchev–Trinajstić information content (AvgIpc) is 2.71. The Morgan fingerprint density at radius 1 is 1.32 bits per heavy atom. The number of hydrogen-bond donors (Lipinski definition) is 1. The second-order valence-electron chi connectivity index (χ2n) is 5.67. The molecular weight excluding hydrogens is 297 g/mol. The third-order valence-electron chi connectivity index (χ3n) is 4.18. The van der Waals surface area contributed by atoms with E-state index in [9.17, 15) is 0 Å². The van der Waals surface area contributed by atoms with Gasteiger partial charge in [0.25, 0.3) is 0 Å². The highest BCUT2D eigenvalue weighted by Gasteiger charge is 2.23. The van der Waals surface area contributed by atoms with Crippen LogP contribution < -0.4 is 5.32 Å². The molecule has 2 rings (SSSR count). The molecule has 4 heteroatoms. The van der Waals surface area contributed by atoms with E-state index in [2.05, 4.69) is 19.2 Å². The van der Waals surface area contributed by atoms with Crippen LogP contribution in [0.1, 0.15) is 64.0 Å². The van der Waals surface area contributed by atoms with Crippen LogP contribution in [0.4, 0.5) is 0 Å². The monoisotopic (exact) mass is 319 g/mol. The SMILES string of the molecule is CCCC1CCC(NC(C)c2cc(Cl)sc2Cl)CC1. The van der Waals surface area contributed by atoms with Gasteiger partial charge in [-0.1, -0.05) is 43.0 Å². The van der Waals surface area contributed by atoms with Gasteiger partial charge in [-0.2, -0.15) is 0 Å². The maximum Gasteiger partial charge on any atom is 0.0991 e. The summed E-state index contributed by atoms with van der Waals surface area (Å²) >= 11 is 13.7.